The summed E-state index contributed by atoms with van der Waals surface area (Å²) < 4.78 is 13.2. The van der Waals surface area contributed by atoms with Crippen molar-refractivity contribution in [2.75, 3.05) is 20.1 Å². The molecule has 1 aliphatic rings. The molecule has 0 radical (unpaired) electrons. The van der Waals surface area contributed by atoms with E-state index in [1.54, 1.807) is 24.0 Å². The average Bonchev–Trinajstić information content (AvgIpc) is 2.69. The first-order valence-corrected chi connectivity index (χ1v) is 6.83. The summed E-state index contributed by atoms with van der Waals surface area (Å²) in [6.45, 7) is 3.65. The molecule has 1 N–H and O–H groups in total. The van der Waals surface area contributed by atoms with Gasteiger partial charge < -0.3 is 10.2 Å². The number of rotatable bonds is 2. The number of carbonyl (C=O) groups excluding carboxylic acids is 1. The monoisotopic (exact) mass is 300 g/mol. The van der Waals surface area contributed by atoms with Gasteiger partial charge in [-0.3, -0.25) is 4.79 Å². The Balaban J connectivity index is 0.00000200. The molecule has 2 rings (SSSR count). The third-order valence-electron chi connectivity index (χ3n) is 3.82. The molecule has 1 heterocycles. The smallest absolute Gasteiger partial charge is 0.253 e. The Labute approximate surface area is 125 Å². The maximum absolute atomic E-state index is 13.2. The van der Waals surface area contributed by atoms with Crippen LogP contribution < -0.4 is 5.32 Å². The number of carbonyl (C=O) groups is 1. The molecule has 20 heavy (non-hydrogen) atoms. The van der Waals surface area contributed by atoms with Crippen molar-refractivity contribution in [2.24, 2.45) is 0 Å². The maximum atomic E-state index is 13.2. The number of nitrogens with one attached hydrogen (secondary N) is 1. The predicted molar refractivity (Wildman–Crippen MR) is 81.0 cm³/mol. The number of hydrogen-bond acceptors (Lipinski definition) is 2. The molecular formula is C15H22ClFN2O. The van der Waals surface area contributed by atoms with E-state index < -0.39 is 0 Å². The highest BCUT2D eigenvalue weighted by molar-refractivity contribution is 5.94. The zero-order chi connectivity index (χ0) is 13.8. The van der Waals surface area contributed by atoms with Crippen LogP contribution in [0.3, 0.4) is 0 Å². The number of benzene rings is 1. The Bertz CT molecular complexity index is 459. The Morgan fingerprint density at radius 2 is 2.10 bits per heavy atom. The van der Waals surface area contributed by atoms with E-state index in [0.29, 0.717) is 11.1 Å². The van der Waals surface area contributed by atoms with Gasteiger partial charge in [-0.15, -0.1) is 12.4 Å². The number of aryl methyl sites for hydroxylation is 1. The van der Waals surface area contributed by atoms with Crippen LogP contribution in [0, 0.1) is 12.7 Å². The largest absolute Gasteiger partial charge is 0.339 e. The molecule has 1 aromatic carbocycles. The van der Waals surface area contributed by atoms with Crippen LogP contribution in [0.2, 0.25) is 0 Å². The fourth-order valence-corrected chi connectivity index (χ4v) is 2.54. The van der Waals surface area contributed by atoms with Crippen LogP contribution in [-0.2, 0) is 0 Å². The normalized spacial score (nSPS) is 18.9. The van der Waals surface area contributed by atoms with Crippen molar-refractivity contribution in [2.45, 2.75) is 32.2 Å². The van der Waals surface area contributed by atoms with Crippen molar-refractivity contribution in [1.82, 2.24) is 10.2 Å². The van der Waals surface area contributed by atoms with Crippen LogP contribution in [-0.4, -0.2) is 37.0 Å². The third kappa shape index (κ3) is 3.93. The van der Waals surface area contributed by atoms with E-state index in [-0.39, 0.29) is 30.2 Å². The lowest BCUT2D eigenvalue weighted by atomic mass is 10.1. The maximum Gasteiger partial charge on any atom is 0.253 e. The van der Waals surface area contributed by atoms with Gasteiger partial charge in [-0.25, -0.2) is 4.39 Å². The van der Waals surface area contributed by atoms with Crippen LogP contribution in [0.1, 0.15) is 35.2 Å². The minimum atomic E-state index is -0.266. The van der Waals surface area contributed by atoms with Gasteiger partial charge in [0.05, 0.1) is 0 Å². The molecule has 0 spiro atoms. The Morgan fingerprint density at radius 3 is 2.80 bits per heavy atom. The molecule has 112 valence electrons. The van der Waals surface area contributed by atoms with E-state index in [0.717, 1.165) is 32.4 Å². The van der Waals surface area contributed by atoms with Gasteiger partial charge in [0.2, 0.25) is 0 Å². The van der Waals surface area contributed by atoms with Gasteiger partial charge in [0, 0.05) is 18.7 Å². The van der Waals surface area contributed by atoms with Crippen LogP contribution in [0.25, 0.3) is 0 Å². The molecule has 3 nitrogen and oxygen atoms in total. The van der Waals surface area contributed by atoms with Crippen molar-refractivity contribution in [3.8, 4) is 0 Å². The SMILES string of the molecule is Cc1cc(C(=O)N(C)C2CCCNCC2)ccc1F.Cl. The highest BCUT2D eigenvalue weighted by atomic mass is 35.5. The molecule has 0 aliphatic carbocycles. The summed E-state index contributed by atoms with van der Waals surface area (Å²) >= 11 is 0. The quantitative estimate of drug-likeness (QED) is 0.911. The van der Waals surface area contributed by atoms with E-state index in [1.807, 2.05) is 7.05 Å². The second-order valence-electron chi connectivity index (χ2n) is 5.21. The molecule has 1 aliphatic heterocycles. The summed E-state index contributed by atoms with van der Waals surface area (Å²) in [5.74, 6) is -0.284. The fraction of sp³-hybridized carbons (Fsp3) is 0.533. The second kappa shape index (κ2) is 7.60. The average molecular weight is 301 g/mol. The molecule has 1 fully saturated rings. The van der Waals surface area contributed by atoms with E-state index in [2.05, 4.69) is 5.32 Å². The Hall–Kier alpha value is -1.13. The van der Waals surface area contributed by atoms with Gasteiger partial charge in [-0.2, -0.15) is 0 Å². The highest BCUT2D eigenvalue weighted by Gasteiger charge is 2.22. The Morgan fingerprint density at radius 1 is 1.35 bits per heavy atom. The summed E-state index contributed by atoms with van der Waals surface area (Å²) in [6, 6.07) is 4.83. The first-order valence-electron chi connectivity index (χ1n) is 6.83. The van der Waals surface area contributed by atoms with Crippen molar-refractivity contribution >= 4 is 18.3 Å². The van der Waals surface area contributed by atoms with E-state index in [4.69, 9.17) is 0 Å². The lowest BCUT2D eigenvalue weighted by Crippen LogP contribution is -2.37. The molecule has 1 amide bonds. The van der Waals surface area contributed by atoms with E-state index >= 15 is 0 Å². The molecule has 1 atom stereocenters. The molecule has 1 aromatic rings. The first-order chi connectivity index (χ1) is 9.09. The molecule has 0 bridgehead atoms. The van der Waals surface area contributed by atoms with Crippen molar-refractivity contribution < 1.29 is 9.18 Å². The second-order valence-corrected chi connectivity index (χ2v) is 5.21. The number of hydrogen-bond donors (Lipinski definition) is 1. The standard InChI is InChI=1S/C15H21FN2O.ClH/c1-11-10-12(5-6-14(11)16)15(19)18(2)13-4-3-8-17-9-7-13;/h5-6,10,13,17H,3-4,7-9H2,1-2H3;1H. The van der Waals surface area contributed by atoms with Gasteiger partial charge >= 0.3 is 0 Å². The predicted octanol–water partition coefficient (Wildman–Crippen LogP) is 2.77. The number of amides is 1. The fourth-order valence-electron chi connectivity index (χ4n) is 2.54. The molecule has 0 saturated carbocycles. The number of nitrogens with zero attached hydrogens (tertiary/aromatic N) is 1. The van der Waals surface area contributed by atoms with Gasteiger partial charge in [0.25, 0.3) is 5.91 Å². The first kappa shape index (κ1) is 16.9. The van der Waals surface area contributed by atoms with Crippen molar-refractivity contribution in [3.05, 3.63) is 35.1 Å². The zero-order valence-corrected chi connectivity index (χ0v) is 12.8. The Kier molecular flexibility index (Phi) is 6.43. The van der Waals surface area contributed by atoms with Crippen molar-refractivity contribution in [3.63, 3.8) is 0 Å². The van der Waals surface area contributed by atoms with E-state index in [9.17, 15) is 9.18 Å². The summed E-state index contributed by atoms with van der Waals surface area (Å²) in [5.41, 5.74) is 1.08. The molecule has 0 aromatic heterocycles. The topological polar surface area (TPSA) is 32.3 Å². The van der Waals surface area contributed by atoms with E-state index in [1.165, 1.54) is 6.07 Å². The van der Waals surface area contributed by atoms with Crippen LogP contribution in [0.15, 0.2) is 18.2 Å². The van der Waals surface area contributed by atoms with Crippen molar-refractivity contribution in [1.29, 1.82) is 0 Å². The minimum Gasteiger partial charge on any atom is -0.339 e. The van der Waals surface area contributed by atoms with Gasteiger partial charge in [0.15, 0.2) is 0 Å². The van der Waals surface area contributed by atoms with Crippen LogP contribution in [0.4, 0.5) is 4.39 Å². The lowest BCUT2D eigenvalue weighted by Gasteiger charge is -2.27. The molecule has 5 heteroatoms. The van der Waals surface area contributed by atoms with Crippen LogP contribution in [0.5, 0.6) is 0 Å². The lowest BCUT2D eigenvalue weighted by molar-refractivity contribution is 0.0720. The summed E-state index contributed by atoms with van der Waals surface area (Å²) in [6.07, 6.45) is 3.09. The van der Waals surface area contributed by atoms with Crippen LogP contribution >= 0.6 is 12.4 Å². The summed E-state index contributed by atoms with van der Waals surface area (Å²) in [5, 5.41) is 3.34. The minimum absolute atomic E-state index is 0. The zero-order valence-electron chi connectivity index (χ0n) is 12.0. The van der Waals surface area contributed by atoms with Gasteiger partial charge in [-0.05, 0) is 63.0 Å². The third-order valence-corrected chi connectivity index (χ3v) is 3.82. The molecule has 1 unspecified atom stereocenters. The summed E-state index contributed by atoms with van der Waals surface area (Å²) in [7, 11) is 1.84. The molecular weight excluding hydrogens is 279 g/mol. The van der Waals surface area contributed by atoms with Gasteiger partial charge in [0.1, 0.15) is 5.82 Å². The molecule has 1 saturated heterocycles. The number of halogens is 2. The summed E-state index contributed by atoms with van der Waals surface area (Å²) in [4.78, 5) is 14.2. The van der Waals surface area contributed by atoms with Gasteiger partial charge in [-0.1, -0.05) is 0 Å². The highest BCUT2D eigenvalue weighted by Crippen LogP contribution is 2.16.